The number of para-hydroxylation sites is 2. The standard InChI is InChI=1S/C14H20N2O2/c1-4-17-12-7-5-6-8-13(12)18-10-9-14(2,11-15)16-3/h5-8,16H,4,9-10H2,1-3H3. The van der Waals surface area contributed by atoms with Crippen LogP contribution < -0.4 is 14.8 Å². The molecule has 1 aromatic carbocycles. The average Bonchev–Trinajstić information content (AvgIpc) is 2.41. The lowest BCUT2D eigenvalue weighted by Gasteiger charge is -2.21. The molecule has 0 aliphatic carbocycles. The van der Waals surface area contributed by atoms with Gasteiger partial charge in [0.15, 0.2) is 11.5 Å². The highest BCUT2D eigenvalue weighted by Gasteiger charge is 2.21. The quantitative estimate of drug-likeness (QED) is 0.804. The van der Waals surface area contributed by atoms with Gasteiger partial charge < -0.3 is 14.8 Å². The van der Waals surface area contributed by atoms with E-state index in [9.17, 15) is 0 Å². The van der Waals surface area contributed by atoms with Crippen LogP contribution in [0.4, 0.5) is 0 Å². The minimum absolute atomic E-state index is 0.467. The number of nitrogens with one attached hydrogen (secondary N) is 1. The third kappa shape index (κ3) is 3.94. The van der Waals surface area contributed by atoms with E-state index in [-0.39, 0.29) is 0 Å². The van der Waals surface area contributed by atoms with Gasteiger partial charge in [-0.15, -0.1) is 0 Å². The zero-order valence-corrected chi connectivity index (χ0v) is 11.2. The zero-order valence-electron chi connectivity index (χ0n) is 11.2. The van der Waals surface area contributed by atoms with E-state index in [2.05, 4.69) is 11.4 Å². The third-order valence-electron chi connectivity index (χ3n) is 2.81. The Morgan fingerprint density at radius 3 is 2.39 bits per heavy atom. The Labute approximate surface area is 109 Å². The number of nitriles is 1. The van der Waals surface area contributed by atoms with Gasteiger partial charge in [0.1, 0.15) is 5.54 Å². The van der Waals surface area contributed by atoms with Crippen LogP contribution in [0.5, 0.6) is 11.5 Å². The summed E-state index contributed by atoms with van der Waals surface area (Å²) in [6, 6.07) is 9.79. The van der Waals surface area contributed by atoms with E-state index >= 15 is 0 Å². The van der Waals surface area contributed by atoms with Crippen molar-refractivity contribution in [2.24, 2.45) is 0 Å². The van der Waals surface area contributed by atoms with Gasteiger partial charge in [0.2, 0.25) is 0 Å². The van der Waals surface area contributed by atoms with Crippen molar-refractivity contribution in [1.29, 1.82) is 5.26 Å². The van der Waals surface area contributed by atoms with Crippen molar-refractivity contribution in [2.45, 2.75) is 25.8 Å². The van der Waals surface area contributed by atoms with Crippen molar-refractivity contribution in [3.8, 4) is 17.6 Å². The Bertz CT molecular complexity index is 415. The number of hydrogen-bond donors (Lipinski definition) is 1. The molecule has 1 atom stereocenters. The first kappa shape index (κ1) is 14.3. The minimum Gasteiger partial charge on any atom is -0.490 e. The Balaban J connectivity index is 2.56. The molecule has 0 saturated heterocycles. The maximum Gasteiger partial charge on any atom is 0.161 e. The lowest BCUT2D eigenvalue weighted by Crippen LogP contribution is -2.39. The van der Waals surface area contributed by atoms with E-state index in [0.717, 1.165) is 11.5 Å². The van der Waals surface area contributed by atoms with Gasteiger partial charge in [-0.05, 0) is 33.0 Å². The number of benzene rings is 1. The molecule has 98 valence electrons. The molecular formula is C14H20N2O2. The number of hydrogen-bond acceptors (Lipinski definition) is 4. The van der Waals surface area contributed by atoms with Gasteiger partial charge in [0, 0.05) is 6.42 Å². The van der Waals surface area contributed by atoms with Crippen molar-refractivity contribution in [3.05, 3.63) is 24.3 Å². The van der Waals surface area contributed by atoms with Gasteiger partial charge in [0.25, 0.3) is 0 Å². The highest BCUT2D eigenvalue weighted by Crippen LogP contribution is 2.26. The van der Waals surface area contributed by atoms with Crippen LogP contribution in [0.15, 0.2) is 24.3 Å². The second-order valence-electron chi connectivity index (χ2n) is 4.17. The molecule has 0 radical (unpaired) electrons. The topological polar surface area (TPSA) is 54.3 Å². The van der Waals surface area contributed by atoms with Crippen LogP contribution in [0, 0.1) is 11.3 Å². The van der Waals surface area contributed by atoms with Crippen molar-refractivity contribution in [3.63, 3.8) is 0 Å². The molecule has 4 nitrogen and oxygen atoms in total. The Hall–Kier alpha value is -1.73. The normalized spacial score (nSPS) is 13.4. The van der Waals surface area contributed by atoms with Crippen molar-refractivity contribution < 1.29 is 9.47 Å². The second-order valence-corrected chi connectivity index (χ2v) is 4.17. The van der Waals surface area contributed by atoms with Gasteiger partial charge in [-0.3, -0.25) is 0 Å². The average molecular weight is 248 g/mol. The van der Waals surface area contributed by atoms with E-state index in [4.69, 9.17) is 14.7 Å². The Kier molecular flexibility index (Phi) is 5.47. The zero-order chi connectivity index (χ0) is 13.4. The maximum absolute atomic E-state index is 9.03. The summed E-state index contributed by atoms with van der Waals surface area (Å²) in [6.07, 6.45) is 0.612. The summed E-state index contributed by atoms with van der Waals surface area (Å²) in [6.45, 7) is 4.86. The SMILES string of the molecule is CCOc1ccccc1OCCC(C)(C#N)NC. The number of rotatable bonds is 7. The molecule has 0 bridgehead atoms. The molecular weight excluding hydrogens is 228 g/mol. The first-order valence-corrected chi connectivity index (χ1v) is 6.10. The summed E-state index contributed by atoms with van der Waals surface area (Å²) in [7, 11) is 1.78. The molecule has 1 unspecified atom stereocenters. The predicted molar refractivity (Wildman–Crippen MR) is 70.8 cm³/mol. The maximum atomic E-state index is 9.03. The van der Waals surface area contributed by atoms with E-state index in [0.29, 0.717) is 19.6 Å². The lowest BCUT2D eigenvalue weighted by molar-refractivity contribution is 0.251. The van der Waals surface area contributed by atoms with Gasteiger partial charge in [-0.25, -0.2) is 0 Å². The van der Waals surface area contributed by atoms with Crippen molar-refractivity contribution >= 4 is 0 Å². The predicted octanol–water partition coefficient (Wildman–Crippen LogP) is 2.36. The second kappa shape index (κ2) is 6.87. The molecule has 0 spiro atoms. The Morgan fingerprint density at radius 1 is 1.28 bits per heavy atom. The third-order valence-corrected chi connectivity index (χ3v) is 2.81. The molecule has 18 heavy (non-hydrogen) atoms. The fourth-order valence-electron chi connectivity index (χ4n) is 1.45. The molecule has 1 rings (SSSR count). The summed E-state index contributed by atoms with van der Waals surface area (Å²) < 4.78 is 11.1. The van der Waals surface area contributed by atoms with Crippen LogP contribution in [0.3, 0.4) is 0 Å². The van der Waals surface area contributed by atoms with E-state index < -0.39 is 5.54 Å². The van der Waals surface area contributed by atoms with Gasteiger partial charge in [-0.1, -0.05) is 12.1 Å². The molecule has 0 aliphatic heterocycles. The molecule has 0 amide bonds. The van der Waals surface area contributed by atoms with E-state index in [1.54, 1.807) is 7.05 Å². The molecule has 0 fully saturated rings. The summed E-state index contributed by atoms with van der Waals surface area (Å²) in [5, 5.41) is 12.0. The summed E-state index contributed by atoms with van der Waals surface area (Å²) in [5.74, 6) is 1.46. The molecule has 0 aromatic heterocycles. The summed E-state index contributed by atoms with van der Waals surface area (Å²) >= 11 is 0. The van der Waals surface area contributed by atoms with Crippen molar-refractivity contribution in [2.75, 3.05) is 20.3 Å². The van der Waals surface area contributed by atoms with Crippen LogP contribution >= 0.6 is 0 Å². The summed E-state index contributed by atoms with van der Waals surface area (Å²) in [4.78, 5) is 0. The van der Waals surface area contributed by atoms with E-state index in [1.807, 2.05) is 38.1 Å². The molecule has 1 aromatic rings. The number of nitrogens with zero attached hydrogens (tertiary/aromatic N) is 1. The van der Waals surface area contributed by atoms with Crippen LogP contribution in [0.1, 0.15) is 20.3 Å². The Morgan fingerprint density at radius 2 is 1.89 bits per heavy atom. The van der Waals surface area contributed by atoms with Gasteiger partial charge in [-0.2, -0.15) is 5.26 Å². The molecule has 0 heterocycles. The van der Waals surface area contributed by atoms with Gasteiger partial charge in [0.05, 0.1) is 19.3 Å². The molecule has 4 heteroatoms. The van der Waals surface area contributed by atoms with Crippen LogP contribution in [0.25, 0.3) is 0 Å². The first-order valence-electron chi connectivity index (χ1n) is 6.10. The van der Waals surface area contributed by atoms with Crippen LogP contribution in [-0.4, -0.2) is 25.8 Å². The first-order chi connectivity index (χ1) is 8.65. The summed E-state index contributed by atoms with van der Waals surface area (Å²) in [5.41, 5.74) is -0.555. The van der Waals surface area contributed by atoms with Gasteiger partial charge >= 0.3 is 0 Å². The monoisotopic (exact) mass is 248 g/mol. The molecule has 0 aliphatic rings. The van der Waals surface area contributed by atoms with Crippen molar-refractivity contribution in [1.82, 2.24) is 5.32 Å². The van der Waals surface area contributed by atoms with Crippen LogP contribution in [-0.2, 0) is 0 Å². The van der Waals surface area contributed by atoms with E-state index in [1.165, 1.54) is 0 Å². The fourth-order valence-corrected chi connectivity index (χ4v) is 1.45. The molecule has 1 N–H and O–H groups in total. The minimum atomic E-state index is -0.555. The largest absolute Gasteiger partial charge is 0.490 e. The number of ether oxygens (including phenoxy) is 2. The highest BCUT2D eigenvalue weighted by atomic mass is 16.5. The highest BCUT2D eigenvalue weighted by molar-refractivity contribution is 5.39. The van der Waals surface area contributed by atoms with Crippen LogP contribution in [0.2, 0.25) is 0 Å². The molecule has 0 saturated carbocycles. The smallest absolute Gasteiger partial charge is 0.161 e. The lowest BCUT2D eigenvalue weighted by atomic mass is 10.0. The fraction of sp³-hybridized carbons (Fsp3) is 0.500.